The number of ether oxygens (including phenoxy) is 2. The smallest absolute Gasteiger partial charge is 0.237 e. The predicted molar refractivity (Wildman–Crippen MR) is 103 cm³/mol. The van der Waals surface area contributed by atoms with Gasteiger partial charge in [0.2, 0.25) is 5.88 Å². The lowest BCUT2D eigenvalue weighted by atomic mass is 10.1. The van der Waals surface area contributed by atoms with E-state index in [4.69, 9.17) is 9.47 Å². The first-order chi connectivity index (χ1) is 12.9. The van der Waals surface area contributed by atoms with Gasteiger partial charge in [-0.25, -0.2) is 9.37 Å². The third-order valence-electron chi connectivity index (χ3n) is 4.09. The van der Waals surface area contributed by atoms with E-state index in [1.54, 1.807) is 30.6 Å². The van der Waals surface area contributed by atoms with Gasteiger partial charge in [0.05, 0.1) is 12.7 Å². The Bertz CT molecular complexity index is 789. The Morgan fingerprint density at radius 1 is 1.26 bits per heavy atom. The summed E-state index contributed by atoms with van der Waals surface area (Å²) >= 11 is 0. The van der Waals surface area contributed by atoms with Crippen molar-refractivity contribution >= 4 is 6.08 Å². The highest BCUT2D eigenvalue weighted by Gasteiger charge is 2.22. The van der Waals surface area contributed by atoms with Gasteiger partial charge in [0.1, 0.15) is 17.1 Å². The normalized spacial score (nSPS) is 18.7. The summed E-state index contributed by atoms with van der Waals surface area (Å²) in [5.41, 5.74) is 1.04. The Kier molecular flexibility index (Phi) is 6.19. The summed E-state index contributed by atoms with van der Waals surface area (Å²) < 4.78 is 25.5. The van der Waals surface area contributed by atoms with Crippen LogP contribution in [0.25, 0.3) is 6.08 Å². The van der Waals surface area contributed by atoms with Crippen LogP contribution >= 0.6 is 0 Å². The fraction of sp³-hybridized carbons (Fsp3) is 0.429. The van der Waals surface area contributed by atoms with E-state index in [1.165, 1.54) is 6.07 Å². The standard InChI is InChI=1S/C21H26FN3O2/c1-21(2,3)27-20-19(23-10-11-24-20)15-25-12-13-26-17(14-25)9-8-16-6-4-5-7-18(16)22/h4-11,17H,12-15H2,1-3H3/b9-8+. The fourth-order valence-electron chi connectivity index (χ4n) is 2.86. The van der Waals surface area contributed by atoms with Gasteiger partial charge < -0.3 is 9.47 Å². The summed E-state index contributed by atoms with van der Waals surface area (Å²) in [4.78, 5) is 11.0. The SMILES string of the molecule is CC(C)(C)Oc1nccnc1CN1CCOC(/C=C/c2ccccc2F)C1. The van der Waals surface area contributed by atoms with E-state index in [-0.39, 0.29) is 17.5 Å². The molecule has 5 nitrogen and oxygen atoms in total. The van der Waals surface area contributed by atoms with Crippen LogP contribution in [0, 0.1) is 5.82 Å². The minimum Gasteiger partial charge on any atom is -0.471 e. The van der Waals surface area contributed by atoms with Crippen LogP contribution in [0.2, 0.25) is 0 Å². The van der Waals surface area contributed by atoms with Crippen molar-refractivity contribution in [2.45, 2.75) is 39.0 Å². The molecule has 3 rings (SSSR count). The molecule has 0 saturated carbocycles. The highest BCUT2D eigenvalue weighted by atomic mass is 19.1. The van der Waals surface area contributed by atoms with Gasteiger partial charge in [0, 0.05) is 37.6 Å². The Morgan fingerprint density at radius 3 is 2.81 bits per heavy atom. The second-order valence-electron chi connectivity index (χ2n) is 7.55. The van der Waals surface area contributed by atoms with E-state index in [0.29, 0.717) is 31.1 Å². The minimum absolute atomic E-state index is 0.0954. The molecular weight excluding hydrogens is 345 g/mol. The van der Waals surface area contributed by atoms with Crippen molar-refractivity contribution in [3.05, 3.63) is 59.8 Å². The molecule has 2 aromatic rings. The Morgan fingerprint density at radius 2 is 2.04 bits per heavy atom. The van der Waals surface area contributed by atoms with Crippen molar-refractivity contribution in [2.24, 2.45) is 0 Å². The van der Waals surface area contributed by atoms with Crippen LogP contribution in [0.4, 0.5) is 4.39 Å². The van der Waals surface area contributed by atoms with Crippen LogP contribution < -0.4 is 4.74 Å². The van der Waals surface area contributed by atoms with Crippen LogP contribution in [0.5, 0.6) is 5.88 Å². The van der Waals surface area contributed by atoms with Gasteiger partial charge >= 0.3 is 0 Å². The summed E-state index contributed by atoms with van der Waals surface area (Å²) in [7, 11) is 0. The number of morpholine rings is 1. The average Bonchev–Trinajstić information content (AvgIpc) is 2.62. The fourth-order valence-corrected chi connectivity index (χ4v) is 2.86. The molecule has 1 atom stereocenters. The van der Waals surface area contributed by atoms with Gasteiger partial charge in [-0.1, -0.05) is 30.4 Å². The molecule has 1 aromatic carbocycles. The molecule has 1 fully saturated rings. The van der Waals surface area contributed by atoms with E-state index in [9.17, 15) is 4.39 Å². The van der Waals surface area contributed by atoms with Crippen molar-refractivity contribution < 1.29 is 13.9 Å². The molecule has 0 N–H and O–H groups in total. The molecular formula is C21H26FN3O2. The van der Waals surface area contributed by atoms with Crippen LogP contribution in [-0.2, 0) is 11.3 Å². The minimum atomic E-state index is -0.333. The maximum atomic E-state index is 13.8. The summed E-state index contributed by atoms with van der Waals surface area (Å²) in [6, 6.07) is 6.71. The molecule has 27 heavy (non-hydrogen) atoms. The molecule has 1 unspecified atom stereocenters. The highest BCUT2D eigenvalue weighted by molar-refractivity contribution is 5.50. The molecule has 2 heterocycles. The Hall–Kier alpha value is -2.31. The molecule has 6 heteroatoms. The van der Waals surface area contributed by atoms with E-state index < -0.39 is 0 Å². The summed E-state index contributed by atoms with van der Waals surface area (Å²) in [6.45, 7) is 8.72. The Balaban J connectivity index is 1.65. The number of halogens is 1. The summed E-state index contributed by atoms with van der Waals surface area (Å²) in [6.07, 6.45) is 6.92. The molecule has 0 aliphatic carbocycles. The summed E-state index contributed by atoms with van der Waals surface area (Å²) in [5.74, 6) is 0.333. The van der Waals surface area contributed by atoms with Crippen molar-refractivity contribution in [1.29, 1.82) is 0 Å². The molecule has 1 saturated heterocycles. The molecule has 1 aliphatic heterocycles. The zero-order valence-electron chi connectivity index (χ0n) is 16.1. The number of hydrogen-bond acceptors (Lipinski definition) is 5. The molecule has 1 aromatic heterocycles. The third kappa shape index (κ3) is 5.84. The largest absolute Gasteiger partial charge is 0.471 e. The van der Waals surface area contributed by atoms with Crippen molar-refractivity contribution in [2.75, 3.05) is 19.7 Å². The van der Waals surface area contributed by atoms with E-state index >= 15 is 0 Å². The van der Waals surface area contributed by atoms with Crippen molar-refractivity contribution in [1.82, 2.24) is 14.9 Å². The first-order valence-corrected chi connectivity index (χ1v) is 9.16. The first kappa shape index (κ1) is 19.5. The molecule has 0 bridgehead atoms. The number of aromatic nitrogens is 2. The van der Waals surface area contributed by atoms with Crippen LogP contribution in [0.1, 0.15) is 32.0 Å². The van der Waals surface area contributed by atoms with Crippen molar-refractivity contribution in [3.63, 3.8) is 0 Å². The van der Waals surface area contributed by atoms with Gasteiger partial charge in [-0.15, -0.1) is 0 Å². The van der Waals surface area contributed by atoms with Gasteiger partial charge in [-0.3, -0.25) is 9.88 Å². The van der Waals surface area contributed by atoms with Crippen LogP contribution in [-0.4, -0.2) is 46.3 Å². The molecule has 0 radical (unpaired) electrons. The average molecular weight is 371 g/mol. The topological polar surface area (TPSA) is 47.5 Å². The predicted octanol–water partition coefficient (Wildman–Crippen LogP) is 3.71. The second-order valence-corrected chi connectivity index (χ2v) is 7.55. The highest BCUT2D eigenvalue weighted by Crippen LogP contribution is 2.21. The number of rotatable bonds is 5. The summed E-state index contributed by atoms with van der Waals surface area (Å²) in [5, 5.41) is 0. The van der Waals surface area contributed by atoms with Gasteiger partial charge in [0.25, 0.3) is 0 Å². The lowest BCUT2D eigenvalue weighted by molar-refractivity contribution is -0.00730. The number of hydrogen-bond donors (Lipinski definition) is 0. The zero-order valence-corrected chi connectivity index (χ0v) is 16.1. The number of nitrogens with zero attached hydrogens (tertiary/aromatic N) is 3. The zero-order chi connectivity index (χ0) is 19.3. The molecule has 0 amide bonds. The molecule has 1 aliphatic rings. The lowest BCUT2D eigenvalue weighted by Gasteiger charge is -2.31. The second kappa shape index (κ2) is 8.59. The molecule has 0 spiro atoms. The maximum Gasteiger partial charge on any atom is 0.237 e. The van der Waals surface area contributed by atoms with Gasteiger partial charge in [0.15, 0.2) is 0 Å². The first-order valence-electron chi connectivity index (χ1n) is 9.16. The third-order valence-corrected chi connectivity index (χ3v) is 4.09. The van der Waals surface area contributed by atoms with Gasteiger partial charge in [-0.2, -0.15) is 0 Å². The van der Waals surface area contributed by atoms with E-state index in [1.807, 2.05) is 32.9 Å². The van der Waals surface area contributed by atoms with Crippen LogP contribution in [0.15, 0.2) is 42.7 Å². The van der Waals surface area contributed by atoms with Crippen molar-refractivity contribution in [3.8, 4) is 5.88 Å². The monoisotopic (exact) mass is 371 g/mol. The Labute approximate surface area is 159 Å². The maximum absolute atomic E-state index is 13.8. The molecule has 144 valence electrons. The quantitative estimate of drug-likeness (QED) is 0.802. The van der Waals surface area contributed by atoms with Gasteiger partial charge in [-0.05, 0) is 26.8 Å². The van der Waals surface area contributed by atoms with E-state index in [2.05, 4.69) is 14.9 Å². The van der Waals surface area contributed by atoms with E-state index in [0.717, 1.165) is 12.2 Å². The lowest BCUT2D eigenvalue weighted by Crippen LogP contribution is -2.41. The number of benzene rings is 1. The van der Waals surface area contributed by atoms with Crippen LogP contribution in [0.3, 0.4) is 0 Å².